The Morgan fingerprint density at radius 1 is 0.920 bits per heavy atom. The first kappa shape index (κ1) is 16.2. The van der Waals surface area contributed by atoms with Gasteiger partial charge in [-0.15, -0.1) is 0 Å². The smallest absolute Gasteiger partial charge is 0.222 e. The zero-order chi connectivity index (χ0) is 17.1. The maximum atomic E-state index is 6.26. The van der Waals surface area contributed by atoms with Crippen LogP contribution in [0.15, 0.2) is 47.5 Å². The lowest BCUT2D eigenvalue weighted by Gasteiger charge is -2.29. The van der Waals surface area contributed by atoms with Gasteiger partial charge in [-0.3, -0.25) is 4.98 Å². The van der Waals surface area contributed by atoms with Crippen molar-refractivity contribution in [1.82, 2.24) is 19.9 Å². The van der Waals surface area contributed by atoms with Crippen LogP contribution in [0.25, 0.3) is 11.0 Å². The molecular formula is C18H18BrN5O. The zero-order valence-corrected chi connectivity index (χ0v) is 15.2. The molecular weight excluding hydrogens is 382 g/mol. The van der Waals surface area contributed by atoms with Crippen molar-refractivity contribution in [3.8, 4) is 5.75 Å². The van der Waals surface area contributed by atoms with Crippen LogP contribution >= 0.6 is 15.9 Å². The van der Waals surface area contributed by atoms with E-state index in [1.807, 2.05) is 18.2 Å². The molecule has 1 fully saturated rings. The maximum absolute atomic E-state index is 6.26. The number of rotatable bonds is 4. The van der Waals surface area contributed by atoms with Gasteiger partial charge in [0, 0.05) is 35.3 Å². The Hall–Kier alpha value is -2.28. The highest BCUT2D eigenvalue weighted by molar-refractivity contribution is 9.10. The number of fused-ring (bicyclic) bond motifs is 1. The Bertz CT molecular complexity index is 852. The maximum Gasteiger partial charge on any atom is 0.222 e. The molecule has 0 amide bonds. The second kappa shape index (κ2) is 7.31. The van der Waals surface area contributed by atoms with Crippen molar-refractivity contribution < 1.29 is 4.74 Å². The number of ether oxygens (including phenoxy) is 1. The lowest BCUT2D eigenvalue weighted by Crippen LogP contribution is -2.31. The van der Waals surface area contributed by atoms with Crippen molar-refractivity contribution in [2.24, 2.45) is 0 Å². The number of hydrogen-bond donors (Lipinski definition) is 1. The average Bonchev–Trinajstić information content (AvgIpc) is 2.64. The van der Waals surface area contributed by atoms with Crippen molar-refractivity contribution in [2.45, 2.75) is 37.8 Å². The van der Waals surface area contributed by atoms with E-state index >= 15 is 0 Å². The van der Waals surface area contributed by atoms with Crippen molar-refractivity contribution in [1.29, 1.82) is 0 Å². The number of hydrogen-bond acceptors (Lipinski definition) is 6. The summed E-state index contributed by atoms with van der Waals surface area (Å²) in [5.74, 6) is 1.49. The summed E-state index contributed by atoms with van der Waals surface area (Å²) in [5, 5.41) is 3.40. The van der Waals surface area contributed by atoms with Crippen LogP contribution < -0.4 is 10.1 Å². The molecule has 0 saturated heterocycles. The Labute approximate surface area is 154 Å². The molecule has 1 N–H and O–H groups in total. The molecule has 1 saturated carbocycles. The second-order valence-electron chi connectivity index (χ2n) is 6.14. The molecule has 0 aliphatic heterocycles. The molecule has 128 valence electrons. The van der Waals surface area contributed by atoms with E-state index in [4.69, 9.17) is 4.74 Å². The summed E-state index contributed by atoms with van der Waals surface area (Å²) >= 11 is 3.52. The first-order chi connectivity index (χ1) is 12.3. The Kier molecular flexibility index (Phi) is 4.74. The van der Waals surface area contributed by atoms with Gasteiger partial charge in [0.25, 0.3) is 0 Å². The van der Waals surface area contributed by atoms with Gasteiger partial charge >= 0.3 is 0 Å². The third kappa shape index (κ3) is 3.87. The first-order valence-electron chi connectivity index (χ1n) is 8.38. The van der Waals surface area contributed by atoms with E-state index in [-0.39, 0.29) is 6.10 Å². The molecule has 2 aromatic heterocycles. The molecule has 25 heavy (non-hydrogen) atoms. The fraction of sp³-hybridized carbons (Fsp3) is 0.333. The fourth-order valence-electron chi connectivity index (χ4n) is 3.16. The van der Waals surface area contributed by atoms with Gasteiger partial charge in [0.1, 0.15) is 11.3 Å². The summed E-state index contributed by atoms with van der Waals surface area (Å²) in [6.45, 7) is 0. The summed E-state index contributed by atoms with van der Waals surface area (Å²) in [6.07, 6.45) is 11.1. The van der Waals surface area contributed by atoms with Crippen LogP contribution in [0.4, 0.5) is 5.95 Å². The Morgan fingerprint density at radius 2 is 1.68 bits per heavy atom. The molecule has 1 aliphatic carbocycles. The van der Waals surface area contributed by atoms with E-state index in [2.05, 4.69) is 41.2 Å². The number of halogens is 1. The highest BCUT2D eigenvalue weighted by Gasteiger charge is 2.23. The standard InChI is InChI=1S/C18H18BrN5O/c19-12-10-15-17(21-9-8-20-15)16(11-12)25-14-4-2-13(3-5-14)24-18-22-6-1-7-23-18/h1,6-11,13-14H,2-5H2,(H,22,23,24). The summed E-state index contributed by atoms with van der Waals surface area (Å²) in [7, 11) is 0. The molecule has 3 aromatic rings. The molecule has 2 heterocycles. The molecule has 4 rings (SSSR count). The van der Waals surface area contributed by atoms with Crippen molar-refractivity contribution >= 4 is 32.9 Å². The van der Waals surface area contributed by atoms with Crippen LogP contribution in [0.1, 0.15) is 25.7 Å². The van der Waals surface area contributed by atoms with Gasteiger partial charge < -0.3 is 10.1 Å². The summed E-state index contributed by atoms with van der Waals surface area (Å²) in [6, 6.07) is 6.14. The lowest BCUT2D eigenvalue weighted by molar-refractivity contribution is 0.151. The largest absolute Gasteiger partial charge is 0.488 e. The highest BCUT2D eigenvalue weighted by Crippen LogP contribution is 2.31. The quantitative estimate of drug-likeness (QED) is 0.714. The first-order valence-corrected chi connectivity index (χ1v) is 9.18. The van der Waals surface area contributed by atoms with E-state index in [1.165, 1.54) is 0 Å². The second-order valence-corrected chi connectivity index (χ2v) is 7.05. The van der Waals surface area contributed by atoms with Gasteiger partial charge in [-0.2, -0.15) is 0 Å². The van der Waals surface area contributed by atoms with Crippen molar-refractivity contribution in [3.63, 3.8) is 0 Å². The molecule has 1 aromatic carbocycles. The number of benzene rings is 1. The van der Waals surface area contributed by atoms with Gasteiger partial charge in [0.05, 0.1) is 11.6 Å². The van der Waals surface area contributed by atoms with Gasteiger partial charge in [-0.25, -0.2) is 15.0 Å². The Balaban J connectivity index is 1.41. The van der Waals surface area contributed by atoms with Crippen molar-refractivity contribution in [3.05, 3.63) is 47.5 Å². The minimum atomic E-state index is 0.189. The van der Waals surface area contributed by atoms with Gasteiger partial charge in [-0.05, 0) is 43.9 Å². The van der Waals surface area contributed by atoms with Crippen LogP contribution in [0.3, 0.4) is 0 Å². The van der Waals surface area contributed by atoms with E-state index in [1.54, 1.807) is 24.8 Å². The van der Waals surface area contributed by atoms with E-state index in [9.17, 15) is 0 Å². The molecule has 0 bridgehead atoms. The van der Waals surface area contributed by atoms with E-state index in [0.717, 1.165) is 46.9 Å². The lowest BCUT2D eigenvalue weighted by atomic mass is 9.93. The number of nitrogens with one attached hydrogen (secondary N) is 1. The summed E-state index contributed by atoms with van der Waals surface area (Å²) in [5.41, 5.74) is 1.65. The minimum absolute atomic E-state index is 0.189. The van der Waals surface area contributed by atoms with Gasteiger partial charge in [0.15, 0.2) is 0 Å². The number of nitrogens with zero attached hydrogens (tertiary/aromatic N) is 4. The number of aromatic nitrogens is 4. The molecule has 0 spiro atoms. The topological polar surface area (TPSA) is 72.8 Å². The monoisotopic (exact) mass is 399 g/mol. The molecule has 1 aliphatic rings. The minimum Gasteiger partial charge on any atom is -0.488 e. The summed E-state index contributed by atoms with van der Waals surface area (Å²) < 4.78 is 7.21. The molecule has 7 heteroatoms. The van der Waals surface area contributed by atoms with Crippen LogP contribution in [-0.4, -0.2) is 32.1 Å². The normalized spacial score (nSPS) is 20.4. The molecule has 0 atom stereocenters. The predicted molar refractivity (Wildman–Crippen MR) is 99.6 cm³/mol. The van der Waals surface area contributed by atoms with Crippen LogP contribution in [0.5, 0.6) is 5.75 Å². The fourth-order valence-corrected chi connectivity index (χ4v) is 3.59. The van der Waals surface area contributed by atoms with E-state index < -0.39 is 0 Å². The van der Waals surface area contributed by atoms with E-state index in [0.29, 0.717) is 12.0 Å². The van der Waals surface area contributed by atoms with Crippen LogP contribution in [0, 0.1) is 0 Å². The van der Waals surface area contributed by atoms with Crippen LogP contribution in [-0.2, 0) is 0 Å². The Morgan fingerprint density at radius 3 is 2.48 bits per heavy atom. The highest BCUT2D eigenvalue weighted by atomic mass is 79.9. The van der Waals surface area contributed by atoms with Crippen LogP contribution in [0.2, 0.25) is 0 Å². The predicted octanol–water partition coefficient (Wildman–Crippen LogP) is 3.98. The third-order valence-corrected chi connectivity index (χ3v) is 4.83. The number of anilines is 1. The molecule has 0 unspecified atom stereocenters. The van der Waals surface area contributed by atoms with Gasteiger partial charge in [0.2, 0.25) is 5.95 Å². The van der Waals surface area contributed by atoms with Crippen molar-refractivity contribution in [2.75, 3.05) is 5.32 Å². The summed E-state index contributed by atoms with van der Waals surface area (Å²) in [4.78, 5) is 17.2. The SMILES string of the molecule is Brc1cc(OC2CCC(Nc3ncccn3)CC2)c2nccnc2c1. The average molecular weight is 400 g/mol. The molecule has 0 radical (unpaired) electrons. The molecule has 6 nitrogen and oxygen atoms in total. The van der Waals surface area contributed by atoms with Gasteiger partial charge in [-0.1, -0.05) is 15.9 Å². The third-order valence-electron chi connectivity index (χ3n) is 4.37. The zero-order valence-electron chi connectivity index (χ0n) is 13.6.